The Labute approximate surface area is 210 Å². The molecule has 0 bridgehead atoms. The highest BCUT2D eigenvalue weighted by Crippen LogP contribution is 2.27. The van der Waals surface area contributed by atoms with Crippen LogP contribution in [0, 0.1) is 5.92 Å². The van der Waals surface area contributed by atoms with E-state index in [1.807, 2.05) is 42.7 Å². The van der Waals surface area contributed by atoms with Gasteiger partial charge in [0.1, 0.15) is 5.82 Å². The normalized spacial score (nSPS) is 16.8. The van der Waals surface area contributed by atoms with Crippen molar-refractivity contribution in [3.63, 3.8) is 0 Å². The molecule has 0 radical (unpaired) electrons. The van der Waals surface area contributed by atoms with Crippen molar-refractivity contribution in [1.29, 1.82) is 0 Å². The molecule has 2 aliphatic heterocycles. The number of piperidine rings is 1. The molecule has 1 aromatic carbocycles. The molecule has 3 aromatic heterocycles. The van der Waals surface area contributed by atoms with Crippen molar-refractivity contribution in [2.24, 2.45) is 5.92 Å². The van der Waals surface area contributed by atoms with E-state index >= 15 is 0 Å². The number of carbonyl (C=O) groups is 1. The Hall–Kier alpha value is -3.78. The molecule has 8 nitrogen and oxygen atoms in total. The first kappa shape index (κ1) is 22.7. The molecule has 2 N–H and O–H groups in total. The van der Waals surface area contributed by atoms with Crippen LogP contribution in [0.15, 0.2) is 55.0 Å². The highest BCUT2D eigenvalue weighted by atomic mass is 16.1. The van der Waals surface area contributed by atoms with Crippen LogP contribution in [0.25, 0.3) is 22.0 Å². The molecule has 36 heavy (non-hydrogen) atoms. The number of hydrogen-bond acceptors (Lipinski definition) is 6. The first-order valence-corrected chi connectivity index (χ1v) is 12.8. The van der Waals surface area contributed by atoms with Gasteiger partial charge in [-0.1, -0.05) is 13.0 Å². The maximum absolute atomic E-state index is 13.1. The Balaban J connectivity index is 1.20. The summed E-state index contributed by atoms with van der Waals surface area (Å²) in [7, 11) is 0. The van der Waals surface area contributed by atoms with Crippen molar-refractivity contribution in [1.82, 2.24) is 25.1 Å². The maximum atomic E-state index is 13.1. The highest BCUT2D eigenvalue weighted by molar-refractivity contribution is 6.11. The molecule has 0 saturated carbocycles. The van der Waals surface area contributed by atoms with E-state index in [1.54, 1.807) is 6.20 Å². The van der Waals surface area contributed by atoms with Gasteiger partial charge < -0.3 is 10.2 Å². The van der Waals surface area contributed by atoms with Crippen molar-refractivity contribution < 1.29 is 4.79 Å². The second-order valence-corrected chi connectivity index (χ2v) is 10.1. The Kier molecular flexibility index (Phi) is 6.11. The average molecular weight is 482 g/mol. The number of likely N-dealkylation sites (tertiary alicyclic amines) is 1. The maximum Gasteiger partial charge on any atom is 0.276 e. The van der Waals surface area contributed by atoms with E-state index in [1.165, 1.54) is 24.8 Å². The zero-order chi connectivity index (χ0) is 24.5. The molecule has 8 heteroatoms. The van der Waals surface area contributed by atoms with Crippen LogP contribution in [0.3, 0.4) is 0 Å². The van der Waals surface area contributed by atoms with Crippen LogP contribution in [0.5, 0.6) is 0 Å². The molecular weight excluding hydrogens is 450 g/mol. The van der Waals surface area contributed by atoms with Gasteiger partial charge in [-0.05, 0) is 79.7 Å². The van der Waals surface area contributed by atoms with Crippen LogP contribution >= 0.6 is 0 Å². The fourth-order valence-electron chi connectivity index (χ4n) is 4.96. The van der Waals surface area contributed by atoms with Crippen LogP contribution < -0.4 is 10.2 Å². The topological polar surface area (TPSA) is 90.0 Å². The number of rotatable bonds is 6. The number of aromatic amines is 1. The van der Waals surface area contributed by atoms with Crippen LogP contribution in [-0.4, -0.2) is 57.2 Å². The summed E-state index contributed by atoms with van der Waals surface area (Å²) in [6, 6.07) is 12.1. The fourth-order valence-corrected chi connectivity index (χ4v) is 4.96. The molecule has 2 saturated heterocycles. The summed E-state index contributed by atoms with van der Waals surface area (Å²) in [6.45, 7) is 7.61. The lowest BCUT2D eigenvalue weighted by Gasteiger charge is -2.31. The van der Waals surface area contributed by atoms with Crippen molar-refractivity contribution in [2.45, 2.75) is 32.7 Å². The minimum atomic E-state index is -0.261. The largest absolute Gasteiger partial charge is 0.356 e. The second-order valence-electron chi connectivity index (χ2n) is 10.1. The van der Waals surface area contributed by atoms with Gasteiger partial charge in [0.05, 0.1) is 17.4 Å². The molecule has 0 aliphatic carbocycles. The lowest BCUT2D eigenvalue weighted by Crippen LogP contribution is -2.37. The number of nitrogens with one attached hydrogen (secondary N) is 2. The summed E-state index contributed by atoms with van der Waals surface area (Å²) in [5.74, 6) is 1.50. The van der Waals surface area contributed by atoms with Crippen molar-refractivity contribution in [3.05, 3.63) is 66.2 Å². The molecule has 2 fully saturated rings. The van der Waals surface area contributed by atoms with Gasteiger partial charge >= 0.3 is 0 Å². The Morgan fingerprint density at radius 2 is 1.89 bits per heavy atom. The third-order valence-corrected chi connectivity index (χ3v) is 7.37. The minimum Gasteiger partial charge on any atom is -0.356 e. The molecule has 6 rings (SSSR count). The third kappa shape index (κ3) is 4.68. The Morgan fingerprint density at radius 3 is 2.64 bits per heavy atom. The minimum absolute atomic E-state index is 0.261. The summed E-state index contributed by atoms with van der Waals surface area (Å²) in [5, 5.41) is 11.0. The zero-order valence-electron chi connectivity index (χ0n) is 20.6. The third-order valence-electron chi connectivity index (χ3n) is 7.37. The number of hydrogen-bond donors (Lipinski definition) is 2. The number of anilines is 2. The van der Waals surface area contributed by atoms with Gasteiger partial charge in [0.2, 0.25) is 0 Å². The number of pyridine rings is 2. The summed E-state index contributed by atoms with van der Waals surface area (Å²) in [4.78, 5) is 26.8. The van der Waals surface area contributed by atoms with Gasteiger partial charge in [0.25, 0.3) is 5.91 Å². The standard InChI is InChI=1S/C28H31N7O/c1-19-7-11-34(12-8-19)18-20-13-22(16-29-15-20)21-3-5-25-24(14-21)27(33-32-25)28(36)31-23-4-6-26(30-17-23)35-9-2-10-35/h3-6,13-17,19H,2,7-12,18H2,1H3,(H,31,36)(H,32,33). The van der Waals surface area contributed by atoms with E-state index in [-0.39, 0.29) is 5.91 Å². The molecule has 5 heterocycles. The molecular formula is C28H31N7O. The second kappa shape index (κ2) is 9.70. The van der Waals surface area contributed by atoms with E-state index in [9.17, 15) is 4.79 Å². The quantitative estimate of drug-likeness (QED) is 0.414. The number of fused-ring (bicyclic) bond motifs is 1. The molecule has 1 amide bonds. The number of amides is 1. The monoisotopic (exact) mass is 481 g/mol. The number of benzene rings is 1. The van der Waals surface area contributed by atoms with Crippen LogP contribution in [0.4, 0.5) is 11.5 Å². The summed E-state index contributed by atoms with van der Waals surface area (Å²) >= 11 is 0. The highest BCUT2D eigenvalue weighted by Gasteiger charge is 2.19. The number of carbonyl (C=O) groups excluding carboxylic acids is 1. The van der Waals surface area contributed by atoms with Gasteiger partial charge in [-0.2, -0.15) is 5.10 Å². The summed E-state index contributed by atoms with van der Waals surface area (Å²) in [6.07, 6.45) is 9.26. The smallest absolute Gasteiger partial charge is 0.276 e. The molecule has 2 aliphatic rings. The molecule has 0 spiro atoms. The first-order valence-electron chi connectivity index (χ1n) is 12.8. The van der Waals surface area contributed by atoms with Crippen LogP contribution in [0.1, 0.15) is 42.2 Å². The number of H-pyrrole nitrogens is 1. The summed E-state index contributed by atoms with van der Waals surface area (Å²) < 4.78 is 0. The molecule has 0 unspecified atom stereocenters. The predicted octanol–water partition coefficient (Wildman–Crippen LogP) is 4.71. The predicted molar refractivity (Wildman–Crippen MR) is 142 cm³/mol. The molecule has 184 valence electrons. The SMILES string of the molecule is CC1CCN(Cc2cncc(-c3ccc4[nH]nc(C(=O)Nc5ccc(N6CCC6)nc5)c4c3)c2)CC1. The van der Waals surface area contributed by atoms with Crippen molar-refractivity contribution in [2.75, 3.05) is 36.4 Å². The van der Waals surface area contributed by atoms with Gasteiger partial charge in [-0.15, -0.1) is 0 Å². The summed E-state index contributed by atoms with van der Waals surface area (Å²) in [5.41, 5.74) is 5.10. The van der Waals surface area contributed by atoms with Gasteiger partial charge in [-0.3, -0.25) is 19.8 Å². The van der Waals surface area contributed by atoms with Crippen molar-refractivity contribution >= 4 is 28.3 Å². The van der Waals surface area contributed by atoms with Crippen LogP contribution in [0.2, 0.25) is 0 Å². The fraction of sp³-hybridized carbons (Fsp3) is 0.357. The number of aromatic nitrogens is 4. The lowest BCUT2D eigenvalue weighted by molar-refractivity contribution is 0.102. The van der Waals surface area contributed by atoms with E-state index in [4.69, 9.17) is 0 Å². The van der Waals surface area contributed by atoms with E-state index in [2.05, 4.69) is 48.3 Å². The zero-order valence-corrected chi connectivity index (χ0v) is 20.6. The molecule has 0 atom stereocenters. The van der Waals surface area contributed by atoms with E-state index < -0.39 is 0 Å². The Morgan fingerprint density at radius 1 is 1.03 bits per heavy atom. The molecule has 4 aromatic rings. The van der Waals surface area contributed by atoms with Gasteiger partial charge in [-0.25, -0.2) is 4.98 Å². The first-order chi connectivity index (χ1) is 17.6. The van der Waals surface area contributed by atoms with Gasteiger partial charge in [0, 0.05) is 43.0 Å². The average Bonchev–Trinajstić information content (AvgIpc) is 3.29. The van der Waals surface area contributed by atoms with E-state index in [0.29, 0.717) is 11.4 Å². The van der Waals surface area contributed by atoms with Gasteiger partial charge in [0.15, 0.2) is 5.69 Å². The van der Waals surface area contributed by atoms with Crippen LogP contribution in [-0.2, 0) is 6.54 Å². The lowest BCUT2D eigenvalue weighted by atomic mass is 9.98. The van der Waals surface area contributed by atoms with E-state index in [0.717, 1.165) is 66.5 Å². The number of nitrogens with zero attached hydrogens (tertiary/aromatic N) is 5. The van der Waals surface area contributed by atoms with Crippen molar-refractivity contribution in [3.8, 4) is 11.1 Å². The Bertz CT molecular complexity index is 1370.